The van der Waals surface area contributed by atoms with E-state index in [1.807, 2.05) is 0 Å². The van der Waals surface area contributed by atoms with Crippen LogP contribution in [0.1, 0.15) is 26.5 Å². The summed E-state index contributed by atoms with van der Waals surface area (Å²) < 4.78 is 19.6. The smallest absolute Gasteiger partial charge is 0.346 e. The number of terminal acetylenes is 1. The molecule has 34 heavy (non-hydrogen) atoms. The molecule has 9 heteroatoms. The molecular weight excluding hydrogens is 459 g/mol. The molecule has 3 heterocycles. The van der Waals surface area contributed by atoms with Crippen LogP contribution < -0.4 is 15.0 Å². The van der Waals surface area contributed by atoms with Crippen molar-refractivity contribution in [2.24, 2.45) is 0 Å². The number of hydrogen-bond acceptors (Lipinski definition) is 5. The van der Waals surface area contributed by atoms with Crippen molar-refractivity contribution >= 4 is 40.5 Å². The molecule has 0 saturated heterocycles. The Morgan fingerprint density at radius 2 is 2.03 bits per heavy atom. The first-order valence-electron chi connectivity index (χ1n) is 10.2. The van der Waals surface area contributed by atoms with Gasteiger partial charge in [0.05, 0.1) is 30.6 Å². The monoisotopic (exact) mass is 476 g/mol. The maximum atomic E-state index is 14.4. The number of methoxy groups -OCH3 is 1. The van der Waals surface area contributed by atoms with E-state index >= 15 is 0 Å². The lowest BCUT2D eigenvalue weighted by atomic mass is 9.74. The summed E-state index contributed by atoms with van der Waals surface area (Å²) in [5.41, 5.74) is 0.160. The fraction of sp³-hybridized carbons (Fsp3) is 0.160. The average Bonchev–Trinajstić information content (AvgIpc) is 3.30. The molecule has 0 radical (unpaired) electrons. The van der Waals surface area contributed by atoms with Crippen LogP contribution in [0.2, 0.25) is 0 Å². The minimum Gasteiger partial charge on any atom is -0.497 e. The van der Waals surface area contributed by atoms with Gasteiger partial charge in [-0.15, -0.1) is 17.8 Å². The minimum atomic E-state index is -1.58. The van der Waals surface area contributed by atoms with Crippen molar-refractivity contribution in [3.63, 3.8) is 0 Å². The number of anilines is 2. The van der Waals surface area contributed by atoms with Gasteiger partial charge in [0.15, 0.2) is 0 Å². The third-order valence-corrected chi connectivity index (χ3v) is 7.47. The highest BCUT2D eigenvalue weighted by molar-refractivity contribution is 7.15. The SMILES string of the molecule is C#CCN1C(=O)[C@]2(CC(=O)Nc3c2sc(C(=O)O)c3-c2ccc(OC)cc2)c2cc(F)ccc21. The van der Waals surface area contributed by atoms with Gasteiger partial charge in [-0.05, 0) is 35.9 Å². The molecule has 2 aliphatic rings. The fourth-order valence-electron chi connectivity index (χ4n) is 4.72. The molecular formula is C25H17FN2O5S. The van der Waals surface area contributed by atoms with Crippen molar-refractivity contribution in [3.05, 3.63) is 63.6 Å². The third kappa shape index (κ3) is 2.92. The second-order valence-corrected chi connectivity index (χ2v) is 8.95. The van der Waals surface area contributed by atoms with Crippen LogP contribution in [-0.4, -0.2) is 36.5 Å². The number of thiophene rings is 1. The molecule has 3 aromatic rings. The highest BCUT2D eigenvalue weighted by Crippen LogP contribution is 2.57. The number of aromatic carboxylic acids is 1. The molecule has 170 valence electrons. The van der Waals surface area contributed by atoms with Gasteiger partial charge in [-0.1, -0.05) is 18.1 Å². The second kappa shape index (κ2) is 7.71. The zero-order valence-electron chi connectivity index (χ0n) is 17.8. The number of carbonyl (C=O) groups is 3. The zero-order chi connectivity index (χ0) is 24.2. The molecule has 1 aromatic heterocycles. The number of amides is 2. The molecule has 0 saturated carbocycles. The summed E-state index contributed by atoms with van der Waals surface area (Å²) in [6.07, 6.45) is 5.19. The summed E-state index contributed by atoms with van der Waals surface area (Å²) in [6.45, 7) is -0.0708. The van der Waals surface area contributed by atoms with Gasteiger partial charge in [-0.25, -0.2) is 9.18 Å². The highest BCUT2D eigenvalue weighted by atomic mass is 32.1. The highest BCUT2D eigenvalue weighted by Gasteiger charge is 2.58. The van der Waals surface area contributed by atoms with Gasteiger partial charge in [0.2, 0.25) is 11.8 Å². The van der Waals surface area contributed by atoms with Crippen LogP contribution in [0.25, 0.3) is 11.1 Å². The number of rotatable bonds is 4. The minimum absolute atomic E-state index is 0.0436. The fourth-order valence-corrected chi connectivity index (χ4v) is 6.03. The van der Waals surface area contributed by atoms with Crippen LogP contribution in [0, 0.1) is 18.2 Å². The van der Waals surface area contributed by atoms with Gasteiger partial charge < -0.3 is 15.2 Å². The number of nitrogens with one attached hydrogen (secondary N) is 1. The molecule has 0 unspecified atom stereocenters. The van der Waals surface area contributed by atoms with E-state index in [4.69, 9.17) is 11.2 Å². The van der Waals surface area contributed by atoms with E-state index in [1.54, 1.807) is 24.3 Å². The molecule has 0 fully saturated rings. The van der Waals surface area contributed by atoms with E-state index in [9.17, 15) is 23.9 Å². The van der Waals surface area contributed by atoms with Crippen LogP contribution in [-0.2, 0) is 15.0 Å². The number of nitrogens with zero attached hydrogens (tertiary/aromatic N) is 1. The molecule has 5 rings (SSSR count). The third-order valence-electron chi connectivity index (χ3n) is 6.13. The van der Waals surface area contributed by atoms with Crippen molar-refractivity contribution < 1.29 is 28.6 Å². The molecule has 2 aromatic carbocycles. The van der Waals surface area contributed by atoms with Gasteiger partial charge in [0.25, 0.3) is 0 Å². The lowest BCUT2D eigenvalue weighted by Crippen LogP contribution is -2.46. The van der Waals surface area contributed by atoms with Crippen molar-refractivity contribution in [1.29, 1.82) is 0 Å². The zero-order valence-corrected chi connectivity index (χ0v) is 18.7. The summed E-state index contributed by atoms with van der Waals surface area (Å²) in [5, 5.41) is 12.8. The second-order valence-electron chi connectivity index (χ2n) is 7.93. The maximum absolute atomic E-state index is 14.4. The summed E-state index contributed by atoms with van der Waals surface area (Å²) in [5.74, 6) is 0.253. The number of hydrogen-bond donors (Lipinski definition) is 2. The van der Waals surface area contributed by atoms with Crippen LogP contribution in [0.15, 0.2) is 42.5 Å². The van der Waals surface area contributed by atoms with Crippen molar-refractivity contribution in [1.82, 2.24) is 0 Å². The van der Waals surface area contributed by atoms with Crippen LogP contribution >= 0.6 is 11.3 Å². The number of halogens is 1. The van der Waals surface area contributed by atoms with E-state index in [-0.39, 0.29) is 29.1 Å². The molecule has 2 aliphatic heterocycles. The molecule has 7 nitrogen and oxygen atoms in total. The Morgan fingerprint density at radius 1 is 1.29 bits per heavy atom. The molecule has 1 spiro atoms. The van der Waals surface area contributed by atoms with Gasteiger partial charge in [0, 0.05) is 16.8 Å². The standard InChI is InChI=1S/C25H17FN2O5S/c1-3-10-28-17-9-6-14(26)11-16(17)25(24(28)32)12-18(29)27-20-19(21(23(30)31)34-22(20)25)13-4-7-15(33-2)8-5-13/h1,4-9,11H,10,12H2,2H3,(H,27,29)(H,30,31)/t25-/m1/s1. The first kappa shape index (κ1) is 21.7. The molecule has 1 atom stereocenters. The summed E-state index contributed by atoms with van der Waals surface area (Å²) in [6, 6.07) is 10.6. The van der Waals surface area contributed by atoms with E-state index in [0.717, 1.165) is 11.3 Å². The lowest BCUT2D eigenvalue weighted by molar-refractivity contribution is -0.126. The Morgan fingerprint density at radius 3 is 2.68 bits per heavy atom. The van der Waals surface area contributed by atoms with E-state index in [2.05, 4.69) is 11.2 Å². The number of ether oxygens (including phenoxy) is 1. The summed E-state index contributed by atoms with van der Waals surface area (Å²) in [4.78, 5) is 40.7. The number of benzene rings is 2. The van der Waals surface area contributed by atoms with E-state index in [0.29, 0.717) is 27.4 Å². The van der Waals surface area contributed by atoms with Crippen molar-refractivity contribution in [2.75, 3.05) is 23.9 Å². The predicted octanol–water partition coefficient (Wildman–Crippen LogP) is 3.87. The Hall–Kier alpha value is -4.16. The van der Waals surface area contributed by atoms with Gasteiger partial charge in [-0.3, -0.25) is 14.5 Å². The van der Waals surface area contributed by atoms with E-state index in [1.165, 1.54) is 30.2 Å². The maximum Gasteiger partial charge on any atom is 0.346 e. The van der Waals surface area contributed by atoms with Crippen LogP contribution in [0.3, 0.4) is 0 Å². The van der Waals surface area contributed by atoms with E-state index < -0.39 is 29.0 Å². The Bertz CT molecular complexity index is 1420. The Kier molecular flexibility index (Phi) is 4.92. The first-order chi connectivity index (χ1) is 16.3. The molecule has 0 aliphatic carbocycles. The molecule has 2 amide bonds. The predicted molar refractivity (Wildman–Crippen MR) is 125 cm³/mol. The Balaban J connectivity index is 1.83. The topological polar surface area (TPSA) is 95.9 Å². The number of carboxylic acids is 1. The van der Waals surface area contributed by atoms with Gasteiger partial charge >= 0.3 is 5.97 Å². The quantitative estimate of drug-likeness (QED) is 0.558. The lowest BCUT2D eigenvalue weighted by Gasteiger charge is -2.32. The number of carbonyl (C=O) groups excluding carboxylic acids is 2. The largest absolute Gasteiger partial charge is 0.497 e. The normalized spacial score (nSPS) is 18.3. The van der Waals surface area contributed by atoms with Crippen LogP contribution in [0.4, 0.5) is 15.8 Å². The molecule has 2 N–H and O–H groups in total. The average molecular weight is 476 g/mol. The first-order valence-corrected chi connectivity index (χ1v) is 11.0. The Labute approximate surface area is 197 Å². The molecule has 0 bridgehead atoms. The van der Waals surface area contributed by atoms with Gasteiger partial charge in [0.1, 0.15) is 21.9 Å². The summed E-state index contributed by atoms with van der Waals surface area (Å²) >= 11 is 0.899. The summed E-state index contributed by atoms with van der Waals surface area (Å²) in [7, 11) is 1.51. The number of fused-ring (bicyclic) bond motifs is 4. The van der Waals surface area contributed by atoms with Crippen LogP contribution in [0.5, 0.6) is 5.75 Å². The van der Waals surface area contributed by atoms with Crippen molar-refractivity contribution in [2.45, 2.75) is 11.8 Å². The van der Waals surface area contributed by atoms with Crippen molar-refractivity contribution in [3.8, 4) is 29.2 Å². The van der Waals surface area contributed by atoms with Gasteiger partial charge in [-0.2, -0.15) is 0 Å². The number of carboxylic acid groups (broad SMARTS) is 1.